The lowest BCUT2D eigenvalue weighted by atomic mass is 10.5. The topological polar surface area (TPSA) is 64.7 Å². The van der Waals surface area contributed by atoms with Gasteiger partial charge in [0.25, 0.3) is 0 Å². The number of rotatable bonds is 1. The summed E-state index contributed by atoms with van der Waals surface area (Å²) in [7, 11) is 0. The second-order valence-corrected chi connectivity index (χ2v) is 4.76. The molecule has 2 rings (SSSR count). The fourth-order valence-corrected chi connectivity index (χ4v) is 1.87. The highest BCUT2D eigenvalue weighted by atomic mass is 79.9. The minimum Gasteiger partial charge on any atom is -0.383 e. The Balaban J connectivity index is 2.47. The molecule has 2 heterocycles. The zero-order valence-corrected chi connectivity index (χ0v) is 9.76. The monoisotopic (exact) mass is 270 g/mol. The van der Waals surface area contributed by atoms with Crippen molar-refractivity contribution in [3.8, 4) is 10.7 Å². The molecule has 72 valence electrons. The SMILES string of the molecule is Cc1ncc(-c2ncc(Br)c(N)n2)s1. The molecule has 0 aliphatic heterocycles. The molecule has 0 bridgehead atoms. The van der Waals surface area contributed by atoms with Gasteiger partial charge in [-0.1, -0.05) is 0 Å². The number of hydrogen-bond acceptors (Lipinski definition) is 5. The third-order valence-corrected chi connectivity index (χ3v) is 3.13. The van der Waals surface area contributed by atoms with Crippen LogP contribution in [0.4, 0.5) is 5.82 Å². The summed E-state index contributed by atoms with van der Waals surface area (Å²) in [6.45, 7) is 1.94. The number of halogens is 1. The van der Waals surface area contributed by atoms with Crippen molar-refractivity contribution in [1.29, 1.82) is 0 Å². The molecule has 0 saturated carbocycles. The van der Waals surface area contributed by atoms with Gasteiger partial charge in [0.15, 0.2) is 5.82 Å². The molecule has 0 aliphatic rings. The highest BCUT2D eigenvalue weighted by Gasteiger charge is 2.06. The molecule has 14 heavy (non-hydrogen) atoms. The van der Waals surface area contributed by atoms with Crippen molar-refractivity contribution >= 4 is 33.1 Å². The molecule has 0 spiro atoms. The predicted octanol–water partition coefficient (Wildman–Crippen LogP) is 2.25. The van der Waals surface area contributed by atoms with Crippen LogP contribution >= 0.6 is 27.3 Å². The molecule has 2 N–H and O–H groups in total. The van der Waals surface area contributed by atoms with E-state index in [9.17, 15) is 0 Å². The Bertz CT molecular complexity index is 468. The fourth-order valence-electron chi connectivity index (χ4n) is 0.964. The molecular weight excluding hydrogens is 264 g/mol. The molecule has 0 saturated heterocycles. The molecule has 0 amide bonds. The van der Waals surface area contributed by atoms with Gasteiger partial charge in [-0.2, -0.15) is 0 Å². The van der Waals surface area contributed by atoms with Gasteiger partial charge in [-0.3, -0.25) is 0 Å². The molecule has 0 radical (unpaired) electrons. The number of aryl methyl sites for hydroxylation is 1. The van der Waals surface area contributed by atoms with Crippen LogP contribution in [-0.4, -0.2) is 15.0 Å². The minimum atomic E-state index is 0.445. The minimum absolute atomic E-state index is 0.445. The van der Waals surface area contributed by atoms with E-state index >= 15 is 0 Å². The Morgan fingerprint density at radius 1 is 1.36 bits per heavy atom. The molecular formula is C8H7BrN4S. The lowest BCUT2D eigenvalue weighted by Gasteiger charge is -1.98. The van der Waals surface area contributed by atoms with Crippen LogP contribution < -0.4 is 5.73 Å². The number of nitrogen functional groups attached to an aromatic ring is 1. The number of hydrogen-bond donors (Lipinski definition) is 1. The van der Waals surface area contributed by atoms with E-state index in [1.54, 1.807) is 23.7 Å². The Labute approximate surface area is 93.4 Å². The number of nitrogens with two attached hydrogens (primary N) is 1. The standard InChI is InChI=1S/C8H7BrN4S/c1-4-11-3-6(14-4)8-12-2-5(9)7(10)13-8/h2-3H,1H3,(H2,10,12,13). The van der Waals surface area contributed by atoms with Gasteiger partial charge in [0.2, 0.25) is 0 Å². The number of anilines is 1. The zero-order valence-electron chi connectivity index (χ0n) is 7.36. The van der Waals surface area contributed by atoms with Gasteiger partial charge in [-0.05, 0) is 22.9 Å². The lowest BCUT2D eigenvalue weighted by Crippen LogP contribution is -1.95. The van der Waals surface area contributed by atoms with Crippen molar-refractivity contribution in [3.05, 3.63) is 21.9 Å². The van der Waals surface area contributed by atoms with Crippen LogP contribution in [0.1, 0.15) is 5.01 Å². The van der Waals surface area contributed by atoms with E-state index in [0.29, 0.717) is 16.1 Å². The first-order valence-electron chi connectivity index (χ1n) is 3.87. The molecule has 4 nitrogen and oxygen atoms in total. The molecule has 0 unspecified atom stereocenters. The molecule has 2 aromatic rings. The maximum atomic E-state index is 5.65. The van der Waals surface area contributed by atoms with E-state index in [4.69, 9.17) is 5.73 Å². The van der Waals surface area contributed by atoms with Gasteiger partial charge in [-0.25, -0.2) is 15.0 Å². The summed E-state index contributed by atoms with van der Waals surface area (Å²) < 4.78 is 0.711. The second-order valence-electron chi connectivity index (χ2n) is 2.67. The molecule has 0 aromatic carbocycles. The van der Waals surface area contributed by atoms with Crippen LogP contribution in [0.3, 0.4) is 0 Å². The summed E-state index contributed by atoms with van der Waals surface area (Å²) in [4.78, 5) is 13.4. The second kappa shape index (κ2) is 3.62. The fraction of sp³-hybridized carbons (Fsp3) is 0.125. The van der Waals surface area contributed by atoms with Gasteiger partial charge in [0.1, 0.15) is 5.82 Å². The highest BCUT2D eigenvalue weighted by Crippen LogP contribution is 2.24. The van der Waals surface area contributed by atoms with Crippen molar-refractivity contribution < 1.29 is 0 Å². The van der Waals surface area contributed by atoms with Crippen LogP contribution in [0.15, 0.2) is 16.9 Å². The summed E-state index contributed by atoms with van der Waals surface area (Å²) in [5, 5.41) is 0.991. The van der Waals surface area contributed by atoms with Gasteiger partial charge < -0.3 is 5.73 Å². The summed E-state index contributed by atoms with van der Waals surface area (Å²) in [6, 6.07) is 0. The quantitative estimate of drug-likeness (QED) is 0.864. The Morgan fingerprint density at radius 3 is 2.71 bits per heavy atom. The van der Waals surface area contributed by atoms with Gasteiger partial charge >= 0.3 is 0 Å². The normalized spacial score (nSPS) is 10.4. The molecule has 0 atom stereocenters. The average molecular weight is 271 g/mol. The summed E-state index contributed by atoms with van der Waals surface area (Å²) in [5.74, 6) is 1.07. The number of aromatic nitrogens is 3. The average Bonchev–Trinajstić information content (AvgIpc) is 2.57. The largest absolute Gasteiger partial charge is 0.383 e. The number of nitrogens with zero attached hydrogens (tertiary/aromatic N) is 3. The van der Waals surface area contributed by atoms with Crippen molar-refractivity contribution in [1.82, 2.24) is 15.0 Å². The Morgan fingerprint density at radius 2 is 2.14 bits per heavy atom. The van der Waals surface area contributed by atoms with E-state index < -0.39 is 0 Å². The first kappa shape index (κ1) is 9.54. The Kier molecular flexibility index (Phi) is 2.47. The van der Waals surface area contributed by atoms with E-state index in [2.05, 4.69) is 30.9 Å². The Hall–Kier alpha value is -1.01. The van der Waals surface area contributed by atoms with Crippen LogP contribution in [-0.2, 0) is 0 Å². The first-order chi connectivity index (χ1) is 6.66. The van der Waals surface area contributed by atoms with E-state index in [1.807, 2.05) is 6.92 Å². The lowest BCUT2D eigenvalue weighted by molar-refractivity contribution is 1.17. The van der Waals surface area contributed by atoms with Crippen molar-refractivity contribution in [3.63, 3.8) is 0 Å². The van der Waals surface area contributed by atoms with Gasteiger partial charge in [0, 0.05) is 12.4 Å². The third kappa shape index (κ3) is 1.76. The highest BCUT2D eigenvalue weighted by molar-refractivity contribution is 9.10. The maximum absolute atomic E-state index is 5.65. The van der Waals surface area contributed by atoms with Gasteiger partial charge in [-0.15, -0.1) is 11.3 Å². The van der Waals surface area contributed by atoms with Crippen LogP contribution in [0.5, 0.6) is 0 Å². The predicted molar refractivity (Wildman–Crippen MR) is 60.0 cm³/mol. The molecule has 0 aliphatic carbocycles. The van der Waals surface area contributed by atoms with E-state index in [0.717, 1.165) is 9.88 Å². The van der Waals surface area contributed by atoms with Crippen molar-refractivity contribution in [2.45, 2.75) is 6.92 Å². The summed E-state index contributed by atoms with van der Waals surface area (Å²) >= 11 is 4.79. The zero-order chi connectivity index (χ0) is 10.1. The molecule has 6 heteroatoms. The maximum Gasteiger partial charge on any atom is 0.173 e. The van der Waals surface area contributed by atoms with E-state index in [1.165, 1.54) is 0 Å². The summed E-state index contributed by atoms with van der Waals surface area (Å²) in [5.41, 5.74) is 5.65. The molecule has 2 aromatic heterocycles. The summed E-state index contributed by atoms with van der Waals surface area (Å²) in [6.07, 6.45) is 3.40. The smallest absolute Gasteiger partial charge is 0.173 e. The van der Waals surface area contributed by atoms with Crippen LogP contribution in [0, 0.1) is 6.92 Å². The van der Waals surface area contributed by atoms with Crippen LogP contribution in [0.25, 0.3) is 10.7 Å². The van der Waals surface area contributed by atoms with E-state index in [-0.39, 0.29) is 0 Å². The third-order valence-electron chi connectivity index (χ3n) is 1.61. The molecule has 0 fully saturated rings. The number of thiazole rings is 1. The van der Waals surface area contributed by atoms with Crippen LogP contribution in [0.2, 0.25) is 0 Å². The first-order valence-corrected chi connectivity index (χ1v) is 5.48. The van der Waals surface area contributed by atoms with Crippen molar-refractivity contribution in [2.75, 3.05) is 5.73 Å². The van der Waals surface area contributed by atoms with Crippen molar-refractivity contribution in [2.24, 2.45) is 0 Å². The van der Waals surface area contributed by atoms with Gasteiger partial charge in [0.05, 0.1) is 14.4 Å².